The number of benzene rings is 2. The van der Waals surface area contributed by atoms with Crippen LogP contribution in [0, 0.1) is 12.7 Å². The molecule has 33 heavy (non-hydrogen) atoms. The van der Waals surface area contributed by atoms with E-state index in [9.17, 15) is 22.4 Å². The molecule has 0 atom stereocenters. The molecule has 9 heteroatoms. The molecule has 0 saturated carbocycles. The van der Waals surface area contributed by atoms with E-state index >= 15 is 0 Å². The number of carbonyl (C=O) groups is 1. The second-order valence-electron chi connectivity index (χ2n) is 7.23. The summed E-state index contributed by atoms with van der Waals surface area (Å²) in [5.41, 5.74) is 0.963. The predicted octanol–water partition coefficient (Wildman–Crippen LogP) is 6.04. The number of aromatic carboxylic acids is 1. The van der Waals surface area contributed by atoms with Crippen LogP contribution >= 0.6 is 0 Å². The van der Waals surface area contributed by atoms with E-state index in [1.165, 1.54) is 30.5 Å². The third-order valence-electron chi connectivity index (χ3n) is 4.90. The molecule has 0 unspecified atom stereocenters. The maximum absolute atomic E-state index is 13.7. The van der Waals surface area contributed by atoms with Crippen LogP contribution in [0.5, 0.6) is 0 Å². The van der Waals surface area contributed by atoms with Crippen LogP contribution in [0.1, 0.15) is 21.7 Å². The number of aryl methyl sites for hydroxylation is 1. The van der Waals surface area contributed by atoms with Crippen LogP contribution in [0.25, 0.3) is 33.8 Å². The van der Waals surface area contributed by atoms with Gasteiger partial charge in [-0.25, -0.2) is 19.2 Å². The number of pyridine rings is 1. The summed E-state index contributed by atoms with van der Waals surface area (Å²) in [4.78, 5) is 23.3. The molecule has 4 aromatic rings. The fourth-order valence-electron chi connectivity index (χ4n) is 3.17. The molecule has 166 valence electrons. The molecule has 2 aromatic heterocycles. The van der Waals surface area contributed by atoms with Crippen LogP contribution in [0.3, 0.4) is 0 Å². The summed E-state index contributed by atoms with van der Waals surface area (Å²) in [6, 6.07) is 14.0. The van der Waals surface area contributed by atoms with Gasteiger partial charge in [-0.2, -0.15) is 13.2 Å². The second-order valence-corrected chi connectivity index (χ2v) is 7.23. The van der Waals surface area contributed by atoms with Crippen molar-refractivity contribution in [3.63, 3.8) is 0 Å². The van der Waals surface area contributed by atoms with Gasteiger partial charge in [-0.3, -0.25) is 4.98 Å². The molecular weight excluding hydrogens is 438 g/mol. The van der Waals surface area contributed by atoms with E-state index in [1.54, 1.807) is 31.2 Å². The summed E-state index contributed by atoms with van der Waals surface area (Å²) in [5.74, 6) is -2.39. The summed E-state index contributed by atoms with van der Waals surface area (Å²) in [5, 5.41) is 9.10. The Morgan fingerprint density at radius 2 is 1.48 bits per heavy atom. The van der Waals surface area contributed by atoms with Gasteiger partial charge in [-0.15, -0.1) is 0 Å². The summed E-state index contributed by atoms with van der Waals surface area (Å²) in [6.45, 7) is 1.76. The van der Waals surface area contributed by atoms with Crippen molar-refractivity contribution in [3.05, 3.63) is 89.6 Å². The van der Waals surface area contributed by atoms with Crippen LogP contribution < -0.4 is 0 Å². The zero-order valence-electron chi connectivity index (χ0n) is 17.1. The van der Waals surface area contributed by atoms with E-state index in [-0.39, 0.29) is 11.5 Å². The molecule has 2 heterocycles. The van der Waals surface area contributed by atoms with Crippen molar-refractivity contribution in [1.29, 1.82) is 0 Å². The van der Waals surface area contributed by atoms with Crippen molar-refractivity contribution in [3.8, 4) is 33.8 Å². The number of nitrogens with zero attached hydrogens (tertiary/aromatic N) is 3. The molecule has 2 aromatic carbocycles. The Balaban J connectivity index is 1.76. The normalized spacial score (nSPS) is 11.4. The Kier molecular flexibility index (Phi) is 5.63. The van der Waals surface area contributed by atoms with E-state index in [0.29, 0.717) is 27.9 Å². The molecular formula is C24H15F4N3O2. The van der Waals surface area contributed by atoms with E-state index in [1.807, 2.05) is 0 Å². The number of aromatic nitrogens is 3. The van der Waals surface area contributed by atoms with E-state index < -0.39 is 29.2 Å². The average molecular weight is 453 g/mol. The van der Waals surface area contributed by atoms with E-state index in [0.717, 1.165) is 12.1 Å². The molecule has 0 aliphatic rings. The van der Waals surface area contributed by atoms with Gasteiger partial charge in [-0.05, 0) is 48.4 Å². The Morgan fingerprint density at radius 1 is 0.848 bits per heavy atom. The topological polar surface area (TPSA) is 76.0 Å². The highest BCUT2D eigenvalue weighted by atomic mass is 19.4. The molecule has 4 rings (SSSR count). The standard InChI is InChI=1S/C24H15F4N3O2/c1-13-2-3-17(12-29-13)20-11-21(24(26,27)28)31-22(30-20)15-6-4-14(5-7-15)16-8-9-19(25)18(10-16)23(32)33/h2-12H,1H3,(H,32,33). The number of rotatable bonds is 4. The van der Waals surface area contributed by atoms with Crippen LogP contribution in [0.4, 0.5) is 17.6 Å². The smallest absolute Gasteiger partial charge is 0.433 e. The second kappa shape index (κ2) is 8.42. The number of hydrogen-bond acceptors (Lipinski definition) is 4. The third kappa shape index (κ3) is 4.72. The number of alkyl halides is 3. The molecule has 0 radical (unpaired) electrons. The number of hydrogen-bond donors (Lipinski definition) is 1. The van der Waals surface area contributed by atoms with E-state index in [2.05, 4.69) is 15.0 Å². The monoisotopic (exact) mass is 453 g/mol. The fraction of sp³-hybridized carbons (Fsp3) is 0.0833. The predicted molar refractivity (Wildman–Crippen MR) is 113 cm³/mol. The van der Waals surface area contributed by atoms with Gasteiger partial charge in [0.2, 0.25) is 0 Å². The fourth-order valence-corrected chi connectivity index (χ4v) is 3.17. The largest absolute Gasteiger partial charge is 0.478 e. The zero-order chi connectivity index (χ0) is 23.8. The summed E-state index contributed by atoms with van der Waals surface area (Å²) in [6.07, 6.45) is -3.23. The number of carboxylic acids is 1. The lowest BCUT2D eigenvalue weighted by molar-refractivity contribution is -0.141. The quantitative estimate of drug-likeness (QED) is 0.382. The molecule has 0 aliphatic heterocycles. The van der Waals surface area contributed by atoms with Crippen LogP contribution in [0.2, 0.25) is 0 Å². The van der Waals surface area contributed by atoms with Crippen molar-refractivity contribution in [2.45, 2.75) is 13.1 Å². The van der Waals surface area contributed by atoms with Gasteiger partial charge in [0, 0.05) is 23.0 Å². The van der Waals surface area contributed by atoms with Crippen molar-refractivity contribution in [1.82, 2.24) is 15.0 Å². The van der Waals surface area contributed by atoms with Gasteiger partial charge in [0.25, 0.3) is 0 Å². The molecule has 1 N–H and O–H groups in total. The van der Waals surface area contributed by atoms with Crippen LogP contribution in [-0.4, -0.2) is 26.0 Å². The van der Waals surface area contributed by atoms with Crippen molar-refractivity contribution in [2.24, 2.45) is 0 Å². The molecule has 0 bridgehead atoms. The van der Waals surface area contributed by atoms with Gasteiger partial charge >= 0.3 is 12.1 Å². The summed E-state index contributed by atoms with van der Waals surface area (Å²) >= 11 is 0. The zero-order valence-corrected chi connectivity index (χ0v) is 17.1. The average Bonchev–Trinajstić information content (AvgIpc) is 2.79. The number of halogens is 4. The highest BCUT2D eigenvalue weighted by Gasteiger charge is 2.34. The molecule has 0 fully saturated rings. The maximum Gasteiger partial charge on any atom is 0.433 e. The molecule has 0 spiro atoms. The third-order valence-corrected chi connectivity index (χ3v) is 4.90. The maximum atomic E-state index is 13.7. The summed E-state index contributed by atoms with van der Waals surface area (Å²) < 4.78 is 54.1. The van der Waals surface area contributed by atoms with Gasteiger partial charge < -0.3 is 5.11 Å². The van der Waals surface area contributed by atoms with Gasteiger partial charge in [0.1, 0.15) is 11.5 Å². The first kappa shape index (κ1) is 22.1. The highest BCUT2D eigenvalue weighted by molar-refractivity contribution is 5.89. The Labute approximate surface area is 185 Å². The van der Waals surface area contributed by atoms with Crippen LogP contribution in [0.15, 0.2) is 66.9 Å². The van der Waals surface area contributed by atoms with E-state index in [4.69, 9.17) is 5.11 Å². The first-order valence-electron chi connectivity index (χ1n) is 9.65. The van der Waals surface area contributed by atoms with Crippen LogP contribution in [-0.2, 0) is 6.18 Å². The minimum atomic E-state index is -4.67. The highest BCUT2D eigenvalue weighted by Crippen LogP contribution is 2.33. The Morgan fingerprint density at radius 3 is 2.09 bits per heavy atom. The minimum absolute atomic E-state index is 0.0773. The first-order chi connectivity index (χ1) is 15.6. The minimum Gasteiger partial charge on any atom is -0.478 e. The number of carboxylic acid groups (broad SMARTS) is 1. The molecule has 5 nitrogen and oxygen atoms in total. The Hall–Kier alpha value is -4.14. The lowest BCUT2D eigenvalue weighted by atomic mass is 10.0. The van der Waals surface area contributed by atoms with Crippen molar-refractivity contribution >= 4 is 5.97 Å². The lowest BCUT2D eigenvalue weighted by Gasteiger charge is -2.11. The first-order valence-corrected chi connectivity index (χ1v) is 9.65. The molecule has 0 aliphatic carbocycles. The van der Waals surface area contributed by atoms with Gasteiger partial charge in [0.05, 0.1) is 11.3 Å². The van der Waals surface area contributed by atoms with Gasteiger partial charge in [0.15, 0.2) is 5.82 Å². The SMILES string of the molecule is Cc1ccc(-c2cc(C(F)(F)F)nc(-c3ccc(-c4ccc(F)c(C(=O)O)c4)cc3)n2)cn1. The lowest BCUT2D eigenvalue weighted by Crippen LogP contribution is -2.10. The molecule has 0 amide bonds. The van der Waals surface area contributed by atoms with Crippen molar-refractivity contribution in [2.75, 3.05) is 0 Å². The summed E-state index contributed by atoms with van der Waals surface area (Å²) in [7, 11) is 0. The van der Waals surface area contributed by atoms with Crippen molar-refractivity contribution < 1.29 is 27.5 Å². The van der Waals surface area contributed by atoms with Gasteiger partial charge in [-0.1, -0.05) is 30.3 Å². The Bertz CT molecular complexity index is 1340. The molecule has 0 saturated heterocycles.